The molecule has 3 N–H and O–H groups in total. The number of carbonyl (C=O) groups excluding carboxylic acids is 2. The molecule has 1 aliphatic rings. The number of nitrogens with zero attached hydrogens (tertiary/aromatic N) is 1. The molecule has 0 saturated carbocycles. The minimum Gasteiger partial charge on any atom is -0.497 e. The fourth-order valence-electron chi connectivity index (χ4n) is 3.52. The Kier molecular flexibility index (Phi) is 5.22. The minimum atomic E-state index is -3.99. The largest absolute Gasteiger partial charge is 0.497 e. The van der Waals surface area contributed by atoms with Gasteiger partial charge in [-0.15, -0.1) is 0 Å². The summed E-state index contributed by atoms with van der Waals surface area (Å²) < 4.78 is 28.7. The molecule has 0 spiro atoms. The van der Waals surface area contributed by atoms with Gasteiger partial charge in [0.1, 0.15) is 11.8 Å². The van der Waals surface area contributed by atoms with E-state index in [-0.39, 0.29) is 10.6 Å². The monoisotopic (exact) mass is 437 g/mol. The highest BCUT2D eigenvalue weighted by Crippen LogP contribution is 2.40. The molecule has 31 heavy (non-hydrogen) atoms. The maximum absolute atomic E-state index is 13.6. The van der Waals surface area contributed by atoms with Crippen LogP contribution in [0.5, 0.6) is 5.75 Å². The number of ether oxygens (including phenoxy) is 1. The van der Waals surface area contributed by atoms with E-state index in [0.29, 0.717) is 22.6 Å². The van der Waals surface area contributed by atoms with E-state index >= 15 is 0 Å². The molecule has 1 aliphatic heterocycles. The van der Waals surface area contributed by atoms with E-state index in [9.17, 15) is 18.0 Å². The molecule has 0 saturated heterocycles. The molecule has 0 aromatic heterocycles. The molecule has 9 heteroatoms. The SMILES string of the molecule is COc1cccc(C(=O)N2c3ccc(S(N)(=O)=O)cc3NC(=O)C2c2ccccc2)c1. The van der Waals surface area contributed by atoms with Gasteiger partial charge in [-0.2, -0.15) is 0 Å². The Labute approximate surface area is 179 Å². The molecule has 0 bridgehead atoms. The number of methoxy groups -OCH3 is 1. The van der Waals surface area contributed by atoms with Crippen LogP contribution in [0.2, 0.25) is 0 Å². The van der Waals surface area contributed by atoms with Crippen LogP contribution in [0, 0.1) is 0 Å². The van der Waals surface area contributed by atoms with Crippen molar-refractivity contribution in [3.63, 3.8) is 0 Å². The lowest BCUT2D eigenvalue weighted by Crippen LogP contribution is -2.45. The lowest BCUT2D eigenvalue weighted by molar-refractivity contribution is -0.117. The molecule has 1 atom stereocenters. The summed E-state index contributed by atoms with van der Waals surface area (Å²) in [5.41, 5.74) is 1.46. The lowest BCUT2D eigenvalue weighted by Gasteiger charge is -2.37. The number of hydrogen-bond acceptors (Lipinski definition) is 5. The Morgan fingerprint density at radius 1 is 1.03 bits per heavy atom. The highest BCUT2D eigenvalue weighted by atomic mass is 32.2. The number of hydrogen-bond donors (Lipinski definition) is 2. The van der Waals surface area contributed by atoms with Crippen molar-refractivity contribution in [3.05, 3.63) is 83.9 Å². The molecule has 0 radical (unpaired) electrons. The van der Waals surface area contributed by atoms with Crippen LogP contribution in [-0.4, -0.2) is 27.3 Å². The average Bonchev–Trinajstić information content (AvgIpc) is 2.77. The van der Waals surface area contributed by atoms with E-state index < -0.39 is 27.9 Å². The number of sulfonamides is 1. The molecular weight excluding hydrogens is 418 g/mol. The first-order chi connectivity index (χ1) is 14.8. The van der Waals surface area contributed by atoms with Crippen molar-refractivity contribution in [3.8, 4) is 5.75 Å². The first kappa shape index (κ1) is 20.6. The summed E-state index contributed by atoms with van der Waals surface area (Å²) in [5, 5.41) is 7.93. The molecule has 3 aromatic carbocycles. The third kappa shape index (κ3) is 3.88. The van der Waals surface area contributed by atoms with Gasteiger partial charge in [-0.1, -0.05) is 36.4 Å². The standard InChI is InChI=1S/C22H19N3O5S/c1-30-16-9-5-8-15(12-16)22(27)25-19-11-10-17(31(23,28)29)13-18(19)24-21(26)20(25)14-6-3-2-4-7-14/h2-13,20H,1H3,(H,24,26)(H2,23,28,29). The third-order valence-electron chi connectivity index (χ3n) is 4.97. The van der Waals surface area contributed by atoms with Gasteiger partial charge in [0.05, 0.1) is 23.4 Å². The number of nitrogens with one attached hydrogen (secondary N) is 1. The maximum Gasteiger partial charge on any atom is 0.259 e. The summed E-state index contributed by atoms with van der Waals surface area (Å²) in [6.07, 6.45) is 0. The number of rotatable bonds is 4. The van der Waals surface area contributed by atoms with Gasteiger partial charge in [0.25, 0.3) is 11.8 Å². The summed E-state index contributed by atoms with van der Waals surface area (Å²) in [6.45, 7) is 0. The number of carbonyl (C=O) groups is 2. The Hall–Kier alpha value is -3.69. The van der Waals surface area contributed by atoms with E-state index in [1.54, 1.807) is 48.5 Å². The van der Waals surface area contributed by atoms with Crippen LogP contribution >= 0.6 is 0 Å². The number of amides is 2. The molecule has 158 valence electrons. The van der Waals surface area contributed by atoms with E-state index in [1.165, 1.54) is 30.2 Å². The molecule has 4 rings (SSSR count). The highest BCUT2D eigenvalue weighted by molar-refractivity contribution is 7.89. The molecular formula is C22H19N3O5S. The van der Waals surface area contributed by atoms with E-state index in [2.05, 4.69) is 5.32 Å². The Morgan fingerprint density at radius 3 is 2.45 bits per heavy atom. The van der Waals surface area contributed by atoms with E-state index in [4.69, 9.17) is 9.88 Å². The number of primary sulfonamides is 1. The normalized spacial score (nSPS) is 15.7. The second kappa shape index (κ2) is 7.86. The van der Waals surface area contributed by atoms with Crippen molar-refractivity contribution in [2.45, 2.75) is 10.9 Å². The first-order valence-electron chi connectivity index (χ1n) is 9.30. The molecule has 0 fully saturated rings. The number of nitrogens with two attached hydrogens (primary N) is 1. The topological polar surface area (TPSA) is 119 Å². The van der Waals surface area contributed by atoms with Crippen molar-refractivity contribution >= 4 is 33.2 Å². The van der Waals surface area contributed by atoms with Crippen LogP contribution in [0.1, 0.15) is 22.0 Å². The highest BCUT2D eigenvalue weighted by Gasteiger charge is 2.39. The molecule has 2 amide bonds. The Morgan fingerprint density at radius 2 is 1.77 bits per heavy atom. The average molecular weight is 437 g/mol. The van der Waals surface area contributed by atoms with Gasteiger partial charge >= 0.3 is 0 Å². The van der Waals surface area contributed by atoms with Crippen LogP contribution in [0.15, 0.2) is 77.7 Å². The van der Waals surface area contributed by atoms with E-state index in [1.807, 2.05) is 6.07 Å². The van der Waals surface area contributed by atoms with Crippen LogP contribution in [0.25, 0.3) is 0 Å². The molecule has 1 unspecified atom stereocenters. The predicted octanol–water partition coefficient (Wildman–Crippen LogP) is 2.68. The number of fused-ring (bicyclic) bond motifs is 1. The summed E-state index contributed by atoms with van der Waals surface area (Å²) in [4.78, 5) is 27.9. The van der Waals surface area contributed by atoms with Gasteiger partial charge in [0.15, 0.2) is 0 Å². The minimum absolute atomic E-state index is 0.168. The van der Waals surface area contributed by atoms with Gasteiger partial charge in [-0.05, 0) is 42.0 Å². The van der Waals surface area contributed by atoms with Crippen LogP contribution in [-0.2, 0) is 14.8 Å². The Balaban J connectivity index is 1.90. The zero-order valence-electron chi connectivity index (χ0n) is 16.5. The fourth-order valence-corrected chi connectivity index (χ4v) is 4.06. The van der Waals surface area contributed by atoms with Gasteiger partial charge in [0, 0.05) is 5.56 Å². The number of anilines is 2. The van der Waals surface area contributed by atoms with Crippen molar-refractivity contribution in [2.75, 3.05) is 17.3 Å². The zero-order chi connectivity index (χ0) is 22.2. The molecule has 1 heterocycles. The zero-order valence-corrected chi connectivity index (χ0v) is 17.3. The summed E-state index contributed by atoms with van der Waals surface area (Å²) in [7, 11) is -2.49. The van der Waals surface area contributed by atoms with Gasteiger partial charge < -0.3 is 10.1 Å². The van der Waals surface area contributed by atoms with Crippen molar-refractivity contribution in [1.29, 1.82) is 0 Å². The van der Waals surface area contributed by atoms with Crippen molar-refractivity contribution in [1.82, 2.24) is 0 Å². The summed E-state index contributed by atoms with van der Waals surface area (Å²) in [6, 6.07) is 18.5. The molecule has 3 aromatic rings. The van der Waals surface area contributed by atoms with Gasteiger partial charge in [0.2, 0.25) is 10.0 Å². The van der Waals surface area contributed by atoms with E-state index in [0.717, 1.165) is 0 Å². The molecule has 0 aliphatic carbocycles. The van der Waals surface area contributed by atoms with Crippen LogP contribution in [0.3, 0.4) is 0 Å². The first-order valence-corrected chi connectivity index (χ1v) is 10.8. The smallest absolute Gasteiger partial charge is 0.259 e. The van der Waals surface area contributed by atoms with Crippen LogP contribution < -0.4 is 20.1 Å². The van der Waals surface area contributed by atoms with Crippen LogP contribution in [0.4, 0.5) is 11.4 Å². The van der Waals surface area contributed by atoms with Crippen molar-refractivity contribution < 1.29 is 22.7 Å². The van der Waals surface area contributed by atoms with Crippen molar-refractivity contribution in [2.24, 2.45) is 5.14 Å². The second-order valence-corrected chi connectivity index (χ2v) is 8.49. The third-order valence-corrected chi connectivity index (χ3v) is 5.88. The summed E-state index contributed by atoms with van der Waals surface area (Å²) >= 11 is 0. The lowest BCUT2D eigenvalue weighted by atomic mass is 9.98. The quantitative estimate of drug-likeness (QED) is 0.650. The molecule has 8 nitrogen and oxygen atoms in total. The van der Waals surface area contributed by atoms with Gasteiger partial charge in [-0.3, -0.25) is 14.5 Å². The Bertz CT molecular complexity index is 1280. The number of benzene rings is 3. The second-order valence-electron chi connectivity index (χ2n) is 6.93. The fraction of sp³-hybridized carbons (Fsp3) is 0.0909. The maximum atomic E-state index is 13.6. The summed E-state index contributed by atoms with van der Waals surface area (Å²) in [5.74, 6) is -0.415. The predicted molar refractivity (Wildman–Crippen MR) is 115 cm³/mol. The van der Waals surface area contributed by atoms with Gasteiger partial charge in [-0.25, -0.2) is 13.6 Å².